The zero-order valence-electron chi connectivity index (χ0n) is 9.48. The van der Waals surface area contributed by atoms with Gasteiger partial charge in [0.25, 0.3) is 0 Å². The van der Waals surface area contributed by atoms with Crippen molar-refractivity contribution in [3.63, 3.8) is 0 Å². The number of aryl methyl sites for hydroxylation is 2. The Balaban J connectivity index is 2.45. The summed E-state index contributed by atoms with van der Waals surface area (Å²) < 4.78 is 5.58. The molecule has 1 saturated carbocycles. The summed E-state index contributed by atoms with van der Waals surface area (Å²) in [5.41, 5.74) is 7.60. The van der Waals surface area contributed by atoms with Crippen LogP contribution in [0.15, 0.2) is 10.5 Å². The normalized spacial score (nSPS) is 19.8. The van der Waals surface area contributed by atoms with Crippen molar-refractivity contribution in [3.05, 3.63) is 23.2 Å². The molecule has 0 saturated heterocycles. The molecule has 0 atom stereocenters. The molecule has 0 aliphatic heterocycles. The summed E-state index contributed by atoms with van der Waals surface area (Å²) in [6.45, 7) is 8.26. The van der Waals surface area contributed by atoms with Crippen LogP contribution in [-0.2, 0) is 5.41 Å². The summed E-state index contributed by atoms with van der Waals surface area (Å²) in [7, 11) is 0. The maximum atomic E-state index is 6.24. The van der Waals surface area contributed by atoms with Crippen LogP contribution in [0.1, 0.15) is 43.8 Å². The van der Waals surface area contributed by atoms with Crippen LogP contribution in [0.4, 0.5) is 0 Å². The van der Waals surface area contributed by atoms with Gasteiger partial charge in [-0.05, 0) is 46.6 Å². The standard InChI is InChI=1S/C12H19NO/c1-8-7-10(9(2)14-8)12(5-6-12)11(3,4)13/h7H,5-6,13H2,1-4H3. The lowest BCUT2D eigenvalue weighted by Gasteiger charge is -2.30. The van der Waals surface area contributed by atoms with Gasteiger partial charge in [0.1, 0.15) is 11.5 Å². The van der Waals surface area contributed by atoms with E-state index in [1.165, 1.54) is 18.4 Å². The average molecular weight is 193 g/mol. The Kier molecular flexibility index (Phi) is 1.84. The van der Waals surface area contributed by atoms with Crippen LogP contribution in [-0.4, -0.2) is 5.54 Å². The molecule has 1 aliphatic carbocycles. The molecule has 0 radical (unpaired) electrons. The lowest BCUT2D eigenvalue weighted by molar-refractivity contribution is 0.383. The zero-order valence-corrected chi connectivity index (χ0v) is 9.48. The lowest BCUT2D eigenvalue weighted by Crippen LogP contribution is -2.45. The molecule has 1 heterocycles. The third-order valence-electron chi connectivity index (χ3n) is 3.54. The summed E-state index contributed by atoms with van der Waals surface area (Å²) >= 11 is 0. The molecule has 2 heteroatoms. The molecule has 0 amide bonds. The second-order valence-corrected chi connectivity index (χ2v) is 5.13. The molecular formula is C12H19NO. The molecule has 1 aromatic heterocycles. The monoisotopic (exact) mass is 193 g/mol. The Morgan fingerprint density at radius 2 is 1.93 bits per heavy atom. The molecule has 14 heavy (non-hydrogen) atoms. The van der Waals surface area contributed by atoms with Crippen molar-refractivity contribution in [2.75, 3.05) is 0 Å². The van der Waals surface area contributed by atoms with Crippen LogP contribution in [0, 0.1) is 13.8 Å². The maximum absolute atomic E-state index is 6.24. The Morgan fingerprint density at radius 3 is 2.21 bits per heavy atom. The molecule has 2 rings (SSSR count). The van der Waals surface area contributed by atoms with Gasteiger partial charge in [-0.15, -0.1) is 0 Å². The SMILES string of the molecule is Cc1cc(C2(C(C)(C)N)CC2)c(C)o1. The highest BCUT2D eigenvalue weighted by atomic mass is 16.3. The molecule has 1 aliphatic rings. The highest BCUT2D eigenvalue weighted by Gasteiger charge is 2.55. The second kappa shape index (κ2) is 2.63. The number of rotatable bonds is 2. The van der Waals surface area contributed by atoms with Gasteiger partial charge in [0.05, 0.1) is 0 Å². The topological polar surface area (TPSA) is 39.2 Å². The van der Waals surface area contributed by atoms with Crippen LogP contribution in [0.25, 0.3) is 0 Å². The summed E-state index contributed by atoms with van der Waals surface area (Å²) in [4.78, 5) is 0. The zero-order chi connectivity index (χ0) is 10.6. The van der Waals surface area contributed by atoms with E-state index in [0.717, 1.165) is 11.5 Å². The van der Waals surface area contributed by atoms with Crippen LogP contribution in [0.5, 0.6) is 0 Å². The minimum absolute atomic E-state index is 0.145. The summed E-state index contributed by atoms with van der Waals surface area (Å²) in [6.07, 6.45) is 2.38. The van der Waals surface area contributed by atoms with Crippen molar-refractivity contribution in [1.29, 1.82) is 0 Å². The van der Waals surface area contributed by atoms with Crippen molar-refractivity contribution in [2.45, 2.75) is 51.5 Å². The molecule has 0 aromatic carbocycles. The molecule has 2 N–H and O–H groups in total. The number of hydrogen-bond donors (Lipinski definition) is 1. The van der Waals surface area contributed by atoms with Gasteiger partial charge in [-0.25, -0.2) is 0 Å². The number of hydrogen-bond acceptors (Lipinski definition) is 2. The molecular weight excluding hydrogens is 174 g/mol. The third-order valence-corrected chi connectivity index (χ3v) is 3.54. The largest absolute Gasteiger partial charge is 0.466 e. The van der Waals surface area contributed by atoms with E-state index in [4.69, 9.17) is 10.2 Å². The first-order chi connectivity index (χ1) is 6.37. The van der Waals surface area contributed by atoms with Gasteiger partial charge in [-0.2, -0.15) is 0 Å². The lowest BCUT2D eigenvalue weighted by atomic mass is 9.79. The molecule has 0 unspecified atom stereocenters. The fourth-order valence-electron chi connectivity index (χ4n) is 2.49. The smallest absolute Gasteiger partial charge is 0.104 e. The predicted octanol–water partition coefficient (Wildman–Crippen LogP) is 2.67. The summed E-state index contributed by atoms with van der Waals surface area (Å²) in [5.74, 6) is 2.03. The first-order valence-corrected chi connectivity index (χ1v) is 5.23. The molecule has 2 nitrogen and oxygen atoms in total. The highest BCUT2D eigenvalue weighted by molar-refractivity contribution is 5.39. The molecule has 78 valence electrons. The van der Waals surface area contributed by atoms with Gasteiger partial charge in [0.2, 0.25) is 0 Å². The number of furan rings is 1. The van der Waals surface area contributed by atoms with Crippen molar-refractivity contribution in [3.8, 4) is 0 Å². The van der Waals surface area contributed by atoms with Crippen LogP contribution in [0.3, 0.4) is 0 Å². The summed E-state index contributed by atoms with van der Waals surface area (Å²) in [5, 5.41) is 0. The van der Waals surface area contributed by atoms with E-state index in [2.05, 4.69) is 19.9 Å². The predicted molar refractivity (Wildman–Crippen MR) is 57.4 cm³/mol. The van der Waals surface area contributed by atoms with Gasteiger partial charge < -0.3 is 10.2 Å². The van der Waals surface area contributed by atoms with Crippen molar-refractivity contribution in [2.24, 2.45) is 5.73 Å². The molecule has 1 aromatic rings. The first kappa shape index (κ1) is 9.78. The number of nitrogens with two attached hydrogens (primary N) is 1. The minimum atomic E-state index is -0.145. The van der Waals surface area contributed by atoms with E-state index in [-0.39, 0.29) is 11.0 Å². The van der Waals surface area contributed by atoms with E-state index in [1.807, 2.05) is 13.8 Å². The van der Waals surface area contributed by atoms with Gasteiger partial charge in [0.15, 0.2) is 0 Å². The van der Waals surface area contributed by atoms with Gasteiger partial charge in [-0.3, -0.25) is 0 Å². The van der Waals surface area contributed by atoms with E-state index in [1.54, 1.807) is 0 Å². The Morgan fingerprint density at radius 1 is 1.36 bits per heavy atom. The van der Waals surface area contributed by atoms with Crippen LogP contribution < -0.4 is 5.73 Å². The van der Waals surface area contributed by atoms with Crippen LogP contribution in [0.2, 0.25) is 0 Å². The van der Waals surface area contributed by atoms with E-state index < -0.39 is 0 Å². The fourth-order valence-corrected chi connectivity index (χ4v) is 2.49. The third kappa shape index (κ3) is 1.21. The Bertz CT molecular complexity index is 353. The minimum Gasteiger partial charge on any atom is -0.466 e. The van der Waals surface area contributed by atoms with Crippen LogP contribution >= 0.6 is 0 Å². The van der Waals surface area contributed by atoms with E-state index in [0.29, 0.717) is 0 Å². The summed E-state index contributed by atoms with van der Waals surface area (Å²) in [6, 6.07) is 2.15. The Hall–Kier alpha value is -0.760. The van der Waals surface area contributed by atoms with Gasteiger partial charge >= 0.3 is 0 Å². The Labute approximate surface area is 85.5 Å². The van der Waals surface area contributed by atoms with E-state index >= 15 is 0 Å². The molecule has 0 bridgehead atoms. The van der Waals surface area contributed by atoms with Gasteiger partial charge in [0, 0.05) is 16.5 Å². The fraction of sp³-hybridized carbons (Fsp3) is 0.667. The molecule has 1 fully saturated rings. The first-order valence-electron chi connectivity index (χ1n) is 5.23. The van der Waals surface area contributed by atoms with E-state index in [9.17, 15) is 0 Å². The molecule has 0 spiro atoms. The van der Waals surface area contributed by atoms with Gasteiger partial charge in [-0.1, -0.05) is 0 Å². The quantitative estimate of drug-likeness (QED) is 0.784. The second-order valence-electron chi connectivity index (χ2n) is 5.13. The maximum Gasteiger partial charge on any atom is 0.104 e. The van der Waals surface area contributed by atoms with Crippen molar-refractivity contribution < 1.29 is 4.42 Å². The average Bonchev–Trinajstić information content (AvgIpc) is 2.73. The van der Waals surface area contributed by atoms with Crippen molar-refractivity contribution in [1.82, 2.24) is 0 Å². The highest BCUT2D eigenvalue weighted by Crippen LogP contribution is 2.56. The van der Waals surface area contributed by atoms with Crippen molar-refractivity contribution >= 4 is 0 Å².